The molecule has 1 heterocycles. The Balaban J connectivity index is 1.89. The van der Waals surface area contributed by atoms with Gasteiger partial charge in [0, 0.05) is 12.7 Å². The van der Waals surface area contributed by atoms with E-state index >= 15 is 0 Å². The van der Waals surface area contributed by atoms with Crippen molar-refractivity contribution >= 4 is 52.4 Å². The van der Waals surface area contributed by atoms with Crippen molar-refractivity contribution in [2.75, 3.05) is 17.3 Å². The maximum atomic E-state index is 14.5. The first-order valence-electron chi connectivity index (χ1n) is 8.02. The molecule has 1 aliphatic heterocycles. The van der Waals surface area contributed by atoms with Gasteiger partial charge in [-0.1, -0.05) is 53.5 Å². The van der Waals surface area contributed by atoms with Crippen molar-refractivity contribution in [2.24, 2.45) is 4.99 Å². The second-order valence-electron chi connectivity index (χ2n) is 5.83. The van der Waals surface area contributed by atoms with Crippen LogP contribution in [0.2, 0.25) is 5.02 Å². The second kappa shape index (κ2) is 7.73. The molecule has 1 saturated heterocycles. The Morgan fingerprint density at radius 1 is 1.07 bits per heavy atom. The molecule has 3 rings (SSSR count). The van der Waals surface area contributed by atoms with Gasteiger partial charge in [-0.25, -0.2) is 9.69 Å². The van der Waals surface area contributed by atoms with E-state index in [1.54, 1.807) is 42.5 Å². The average Bonchev–Trinajstić information content (AvgIpc) is 2.86. The number of urea groups is 1. The summed E-state index contributed by atoms with van der Waals surface area (Å²) < 4.78 is 29.0. The summed E-state index contributed by atoms with van der Waals surface area (Å²) in [7, 11) is 1.17. The van der Waals surface area contributed by atoms with Crippen LogP contribution in [0, 0.1) is 0 Å². The van der Waals surface area contributed by atoms with Crippen LogP contribution in [0.3, 0.4) is 0 Å². The van der Waals surface area contributed by atoms with Crippen molar-refractivity contribution < 1.29 is 18.4 Å². The second-order valence-corrected chi connectivity index (χ2v) is 6.67. The predicted octanol–water partition coefficient (Wildman–Crippen LogP) is 4.41. The van der Waals surface area contributed by atoms with E-state index in [0.29, 0.717) is 10.6 Å². The zero-order chi connectivity index (χ0) is 20.5. The van der Waals surface area contributed by atoms with Gasteiger partial charge in [0.25, 0.3) is 0 Å². The van der Waals surface area contributed by atoms with E-state index in [-0.39, 0.29) is 10.7 Å². The smallest absolute Gasteiger partial charge is 0.363 e. The summed E-state index contributed by atoms with van der Waals surface area (Å²) in [4.78, 5) is 29.6. The maximum Gasteiger partial charge on any atom is 0.378 e. The maximum absolute atomic E-state index is 14.5. The molecule has 146 valence electrons. The van der Waals surface area contributed by atoms with Crippen molar-refractivity contribution in [1.29, 1.82) is 0 Å². The van der Waals surface area contributed by atoms with E-state index in [1.165, 1.54) is 19.2 Å². The Morgan fingerprint density at radius 3 is 2.32 bits per heavy atom. The molecule has 1 fully saturated rings. The molecule has 0 saturated carbocycles. The molecule has 28 heavy (non-hydrogen) atoms. The lowest BCUT2D eigenvalue weighted by Crippen LogP contribution is -2.37. The first-order chi connectivity index (χ1) is 13.2. The number of carbonyl (C=O) groups excluding carboxylic acids is 2. The van der Waals surface area contributed by atoms with Gasteiger partial charge in [0.2, 0.25) is 5.84 Å². The molecule has 1 N–H and O–H groups in total. The van der Waals surface area contributed by atoms with Crippen LogP contribution in [0.25, 0.3) is 0 Å². The largest absolute Gasteiger partial charge is 0.378 e. The Bertz CT molecular complexity index is 940. The Kier molecular flexibility index (Phi) is 5.53. The molecule has 0 bridgehead atoms. The third-order valence-corrected chi connectivity index (χ3v) is 4.60. The molecular formula is C18H14Cl2F2N4O2. The summed E-state index contributed by atoms with van der Waals surface area (Å²) in [6.45, 7) is 0. The molecule has 1 atom stereocenters. The van der Waals surface area contributed by atoms with Gasteiger partial charge >= 0.3 is 18.0 Å². The number of imide groups is 1. The van der Waals surface area contributed by atoms with Crippen molar-refractivity contribution in [3.8, 4) is 0 Å². The van der Waals surface area contributed by atoms with Crippen molar-refractivity contribution in [1.82, 2.24) is 4.90 Å². The summed E-state index contributed by atoms with van der Waals surface area (Å²) in [6.07, 6.45) is 0. The minimum absolute atomic E-state index is 0.0735. The molecule has 0 aliphatic carbocycles. The molecule has 2 aromatic rings. The third kappa shape index (κ3) is 3.79. The normalized spacial score (nSPS) is 17.4. The van der Waals surface area contributed by atoms with E-state index in [1.807, 2.05) is 0 Å². The number of hydrogen-bond acceptors (Lipinski definition) is 4. The molecule has 3 amide bonds. The Morgan fingerprint density at radius 2 is 1.68 bits per heavy atom. The number of anilines is 2. The number of benzene rings is 2. The van der Waals surface area contributed by atoms with Crippen LogP contribution in [0.1, 0.15) is 0 Å². The monoisotopic (exact) mass is 426 g/mol. The highest BCUT2D eigenvalue weighted by Gasteiger charge is 2.47. The first-order valence-corrected chi connectivity index (χ1v) is 8.84. The molecule has 6 nitrogen and oxygen atoms in total. The SMILES string of the molecule is CN1C(=O)N(c2ccccc2Cl)C(=O)/C1=N/C(F)(F)C(Cl)Nc1ccccc1. The van der Waals surface area contributed by atoms with Crippen LogP contribution in [0.15, 0.2) is 59.6 Å². The fourth-order valence-corrected chi connectivity index (χ4v) is 2.90. The van der Waals surface area contributed by atoms with Gasteiger partial charge in [0.15, 0.2) is 5.50 Å². The van der Waals surface area contributed by atoms with Gasteiger partial charge in [-0.15, -0.1) is 0 Å². The fourth-order valence-electron chi connectivity index (χ4n) is 2.50. The number of nitrogens with zero attached hydrogens (tertiary/aromatic N) is 3. The van der Waals surface area contributed by atoms with E-state index in [4.69, 9.17) is 23.2 Å². The molecule has 0 aromatic heterocycles. The van der Waals surface area contributed by atoms with Crippen LogP contribution in [0.4, 0.5) is 25.0 Å². The highest BCUT2D eigenvalue weighted by Crippen LogP contribution is 2.32. The van der Waals surface area contributed by atoms with Crippen LogP contribution < -0.4 is 10.2 Å². The lowest BCUT2D eigenvalue weighted by atomic mass is 10.3. The number of likely N-dealkylation sites (N-methyl/N-ethyl adjacent to an activating group) is 1. The minimum atomic E-state index is -3.88. The van der Waals surface area contributed by atoms with Gasteiger partial charge in [-0.05, 0) is 24.3 Å². The molecule has 0 spiro atoms. The number of amidine groups is 1. The standard InChI is InChI=1S/C18H14Cl2F2N4O2/c1-25-14(15(27)26(17(25)28)13-10-6-5-9-12(13)19)24-18(21,22)16(20)23-11-7-3-2-4-8-11/h2-10,16,23H,1H3/b24-14-. The lowest BCUT2D eigenvalue weighted by Gasteiger charge is -2.21. The summed E-state index contributed by atoms with van der Waals surface area (Å²) in [6, 6.07) is 9.43. The van der Waals surface area contributed by atoms with Gasteiger partial charge < -0.3 is 5.32 Å². The number of nitrogens with one attached hydrogen (secondary N) is 1. The molecule has 1 aliphatic rings. The topological polar surface area (TPSA) is 65.0 Å². The summed E-state index contributed by atoms with van der Waals surface area (Å²) in [5.74, 6) is -1.76. The Labute approximate surface area is 169 Å². The molecule has 0 radical (unpaired) electrons. The van der Waals surface area contributed by atoms with Crippen molar-refractivity contribution in [3.63, 3.8) is 0 Å². The van der Waals surface area contributed by atoms with Gasteiger partial charge in [0.1, 0.15) is 0 Å². The zero-order valence-electron chi connectivity index (χ0n) is 14.4. The summed E-state index contributed by atoms with van der Waals surface area (Å²) in [5, 5.41) is 2.53. The van der Waals surface area contributed by atoms with Crippen LogP contribution in [-0.2, 0) is 4.79 Å². The number of carbonyl (C=O) groups is 2. The first kappa shape index (κ1) is 20.0. The van der Waals surface area contributed by atoms with E-state index in [9.17, 15) is 18.4 Å². The molecular weight excluding hydrogens is 413 g/mol. The van der Waals surface area contributed by atoms with Gasteiger partial charge in [-0.2, -0.15) is 13.8 Å². The number of hydrogen-bond donors (Lipinski definition) is 1. The number of para-hydroxylation sites is 2. The number of rotatable bonds is 5. The number of halogens is 4. The van der Waals surface area contributed by atoms with Crippen molar-refractivity contribution in [3.05, 3.63) is 59.6 Å². The van der Waals surface area contributed by atoms with E-state index in [2.05, 4.69) is 10.3 Å². The van der Waals surface area contributed by atoms with Crippen molar-refractivity contribution in [2.45, 2.75) is 11.5 Å². The fraction of sp³-hybridized carbons (Fsp3) is 0.167. The third-order valence-electron chi connectivity index (χ3n) is 3.91. The molecule has 1 unspecified atom stereocenters. The quantitative estimate of drug-likeness (QED) is 0.437. The highest BCUT2D eigenvalue weighted by atomic mass is 35.5. The van der Waals surface area contributed by atoms with Crippen LogP contribution in [-0.4, -0.2) is 41.3 Å². The zero-order valence-corrected chi connectivity index (χ0v) is 16.0. The van der Waals surface area contributed by atoms with E-state index < -0.39 is 29.3 Å². The number of amides is 3. The summed E-state index contributed by atoms with van der Waals surface area (Å²) >= 11 is 11.8. The number of alkyl halides is 3. The van der Waals surface area contributed by atoms with Crippen LogP contribution >= 0.6 is 23.2 Å². The van der Waals surface area contributed by atoms with Gasteiger partial charge in [0.05, 0.1) is 10.7 Å². The Hall–Kier alpha value is -2.71. The highest BCUT2D eigenvalue weighted by molar-refractivity contribution is 6.55. The summed E-state index contributed by atoms with van der Waals surface area (Å²) in [5.41, 5.74) is -1.53. The molecule has 2 aromatic carbocycles. The van der Waals surface area contributed by atoms with E-state index in [0.717, 1.165) is 4.90 Å². The number of aliphatic imine (C=N–C) groups is 1. The predicted molar refractivity (Wildman–Crippen MR) is 104 cm³/mol. The van der Waals surface area contributed by atoms with Crippen LogP contribution in [0.5, 0.6) is 0 Å². The average molecular weight is 427 g/mol. The molecule has 10 heteroatoms. The minimum Gasteiger partial charge on any atom is -0.363 e. The lowest BCUT2D eigenvalue weighted by molar-refractivity contribution is -0.111. The van der Waals surface area contributed by atoms with Gasteiger partial charge in [-0.3, -0.25) is 9.69 Å².